The highest BCUT2D eigenvalue weighted by Crippen LogP contribution is 2.67. The van der Waals surface area contributed by atoms with Gasteiger partial charge in [-0.3, -0.25) is 9.59 Å². The van der Waals surface area contributed by atoms with Gasteiger partial charge in [-0.05, 0) is 54.7 Å². The maximum atomic E-state index is 14.4. The van der Waals surface area contributed by atoms with Crippen molar-refractivity contribution in [3.8, 4) is 0 Å². The van der Waals surface area contributed by atoms with Gasteiger partial charge in [0.25, 0.3) is 5.91 Å². The van der Waals surface area contributed by atoms with E-state index in [1.54, 1.807) is 62.4 Å². The number of nitrogens with one attached hydrogen (secondary N) is 1. The Morgan fingerprint density at radius 2 is 1.55 bits per heavy atom. The summed E-state index contributed by atoms with van der Waals surface area (Å²) in [4.78, 5) is 68.7. The minimum atomic E-state index is -2.27. The number of esters is 3. The number of rotatable bonds is 10. The van der Waals surface area contributed by atoms with Crippen LogP contribution < -0.4 is 5.32 Å². The standard InChI is InChI=1S/C44H53NO15/c1-21(2)18-26(45-37(51)24-14-10-8-11-15-24)30(48)39(53)56-32-22(3)29-31(49)34(50)42(7)27(47)19-28-43(20-55-28,59-23(4)46)33(42)36(57-38(52)25-16-12-9-13-17-25)44(41(29,5)6)35(32)58-40(54)60-44/h8-17,21,26-28,30-36,47-50H,18-20H2,1-7H3,(H,45,51)/t26-,27-,28+,30+,31+,32+,33?,34+,35-,36?,42+,43-,44+/m0/s1. The molecule has 2 aliphatic heterocycles. The van der Waals surface area contributed by atoms with Crippen LogP contribution in [0.1, 0.15) is 82.0 Å². The Morgan fingerprint density at radius 3 is 2.12 bits per heavy atom. The number of ether oxygens (including phenoxy) is 6. The third-order valence-corrected chi connectivity index (χ3v) is 13.6. The van der Waals surface area contributed by atoms with E-state index in [0.717, 1.165) is 6.92 Å². The molecule has 0 radical (unpaired) electrons. The molecule has 2 unspecified atom stereocenters. The lowest BCUT2D eigenvalue weighted by molar-refractivity contribution is -0.364. The number of hydrogen-bond acceptors (Lipinski definition) is 15. The zero-order chi connectivity index (χ0) is 43.7. The third-order valence-electron chi connectivity index (χ3n) is 13.6. The van der Waals surface area contributed by atoms with Gasteiger partial charge in [0.15, 0.2) is 30.0 Å². The summed E-state index contributed by atoms with van der Waals surface area (Å²) < 4.78 is 36.8. The molecule has 2 bridgehead atoms. The topological polar surface area (TPSA) is 234 Å². The van der Waals surface area contributed by atoms with E-state index in [9.17, 15) is 44.4 Å². The molecule has 5 aliphatic rings. The van der Waals surface area contributed by atoms with Crippen molar-refractivity contribution in [3.63, 3.8) is 0 Å². The fraction of sp³-hybridized carbons (Fsp3) is 0.568. The highest BCUT2D eigenvalue weighted by atomic mass is 16.8. The van der Waals surface area contributed by atoms with Gasteiger partial charge >= 0.3 is 24.1 Å². The van der Waals surface area contributed by atoms with Crippen LogP contribution in [0, 0.1) is 22.7 Å². The number of aliphatic hydroxyl groups excluding tert-OH is 4. The van der Waals surface area contributed by atoms with Gasteiger partial charge in [-0.25, -0.2) is 14.4 Å². The van der Waals surface area contributed by atoms with E-state index in [4.69, 9.17) is 28.4 Å². The van der Waals surface area contributed by atoms with Crippen LogP contribution in [0.5, 0.6) is 0 Å². The molecule has 2 aromatic rings. The van der Waals surface area contributed by atoms with Gasteiger partial charge in [0.1, 0.15) is 12.2 Å². The molecule has 2 aromatic carbocycles. The van der Waals surface area contributed by atoms with Crippen LogP contribution in [-0.4, -0.2) is 123 Å². The van der Waals surface area contributed by atoms with Crippen molar-refractivity contribution in [2.24, 2.45) is 22.7 Å². The fourth-order valence-electron chi connectivity index (χ4n) is 10.7. The van der Waals surface area contributed by atoms with Crippen LogP contribution in [-0.2, 0) is 38.0 Å². The molecule has 1 amide bonds. The Hall–Kier alpha value is -4.87. The largest absolute Gasteiger partial charge is 0.509 e. The number of fused-ring (bicyclic) bond motifs is 4. The smallest absolute Gasteiger partial charge is 0.454 e. The Balaban J connectivity index is 1.40. The summed E-state index contributed by atoms with van der Waals surface area (Å²) in [6, 6.07) is 14.9. The molecule has 60 heavy (non-hydrogen) atoms. The van der Waals surface area contributed by atoms with Gasteiger partial charge in [0.05, 0.1) is 36.3 Å². The number of carbonyl (C=O) groups excluding carboxylic acids is 5. The molecule has 3 aliphatic carbocycles. The molecule has 13 atom stereocenters. The summed E-state index contributed by atoms with van der Waals surface area (Å²) in [5, 5.41) is 51.4. The predicted molar refractivity (Wildman–Crippen MR) is 208 cm³/mol. The maximum Gasteiger partial charge on any atom is 0.509 e. The molecule has 2 saturated heterocycles. The van der Waals surface area contributed by atoms with Gasteiger partial charge in [-0.1, -0.05) is 71.0 Å². The lowest BCUT2D eigenvalue weighted by Gasteiger charge is -2.68. The molecule has 16 heteroatoms. The van der Waals surface area contributed by atoms with Crippen LogP contribution in [0.4, 0.5) is 4.79 Å². The zero-order valence-corrected chi connectivity index (χ0v) is 34.5. The predicted octanol–water partition coefficient (Wildman–Crippen LogP) is 2.78. The van der Waals surface area contributed by atoms with E-state index in [-0.39, 0.29) is 47.6 Å². The van der Waals surface area contributed by atoms with E-state index in [0.29, 0.717) is 0 Å². The van der Waals surface area contributed by atoms with Crippen molar-refractivity contribution in [3.05, 3.63) is 82.9 Å². The lowest BCUT2D eigenvalue weighted by atomic mass is 9.44. The van der Waals surface area contributed by atoms with E-state index in [1.165, 1.54) is 26.0 Å². The second-order valence-electron chi connectivity index (χ2n) is 17.8. The Labute approximate surface area is 347 Å². The number of benzene rings is 2. The van der Waals surface area contributed by atoms with Crippen molar-refractivity contribution in [1.29, 1.82) is 0 Å². The molecule has 5 N–H and O–H groups in total. The molecule has 2 heterocycles. The molecular weight excluding hydrogens is 782 g/mol. The van der Waals surface area contributed by atoms with Crippen LogP contribution >= 0.6 is 0 Å². The van der Waals surface area contributed by atoms with Crippen molar-refractivity contribution in [2.75, 3.05) is 6.61 Å². The molecular formula is C44H53NO15. The number of carbonyl (C=O) groups is 5. The van der Waals surface area contributed by atoms with Gasteiger partial charge in [0, 0.05) is 29.7 Å². The van der Waals surface area contributed by atoms with Crippen molar-refractivity contribution in [2.45, 2.75) is 127 Å². The third kappa shape index (κ3) is 6.58. The summed E-state index contributed by atoms with van der Waals surface area (Å²) in [6.45, 7) is 10.7. The van der Waals surface area contributed by atoms with Crippen molar-refractivity contribution in [1.82, 2.24) is 5.32 Å². The molecule has 324 valence electrons. The second kappa shape index (κ2) is 15.5. The first-order valence-corrected chi connectivity index (χ1v) is 20.2. The summed E-state index contributed by atoms with van der Waals surface area (Å²) in [7, 11) is 0. The monoisotopic (exact) mass is 835 g/mol. The van der Waals surface area contributed by atoms with Gasteiger partial charge < -0.3 is 54.2 Å². The average molecular weight is 836 g/mol. The first-order chi connectivity index (χ1) is 28.2. The van der Waals surface area contributed by atoms with E-state index < -0.39 is 113 Å². The minimum Gasteiger partial charge on any atom is -0.454 e. The van der Waals surface area contributed by atoms with Crippen molar-refractivity contribution < 1.29 is 72.8 Å². The molecule has 7 rings (SSSR count). The Bertz CT molecular complexity index is 2060. The van der Waals surface area contributed by atoms with Crippen molar-refractivity contribution >= 4 is 30.0 Å². The fourth-order valence-corrected chi connectivity index (χ4v) is 10.7. The molecule has 1 spiro atoms. The zero-order valence-electron chi connectivity index (χ0n) is 34.5. The normalized spacial score (nSPS) is 36.0. The lowest BCUT2D eigenvalue weighted by Crippen LogP contribution is -2.83. The summed E-state index contributed by atoms with van der Waals surface area (Å²) in [5.74, 6) is -5.09. The molecule has 0 aromatic heterocycles. The highest BCUT2D eigenvalue weighted by molar-refractivity contribution is 5.94. The van der Waals surface area contributed by atoms with Gasteiger partial charge in [-0.2, -0.15) is 0 Å². The molecule has 2 saturated carbocycles. The molecule has 4 fully saturated rings. The summed E-state index contributed by atoms with van der Waals surface area (Å²) >= 11 is 0. The number of amides is 1. The SMILES string of the molecule is CC(=O)O[C@@]12CO[C@@H]1C[C@H](O)[C@]1(C)C2C(OC(=O)c2ccccc2)[C@]23OC(=O)O[C@H]2[C@H](OC(=O)[C@H](O)[C@H](CC(C)C)NC(=O)c2ccccc2)C(C)=C([C@@H](O)[C@H]1O)C3(C)C. The number of aliphatic hydroxyl groups is 4. The quantitative estimate of drug-likeness (QED) is 0.132. The minimum absolute atomic E-state index is 0.00843. The average Bonchev–Trinajstić information content (AvgIpc) is 3.57. The first kappa shape index (κ1) is 43.2. The summed E-state index contributed by atoms with van der Waals surface area (Å²) in [5.41, 5.74) is -7.06. The maximum absolute atomic E-state index is 14.4. The molecule has 16 nitrogen and oxygen atoms in total. The van der Waals surface area contributed by atoms with E-state index in [1.807, 2.05) is 13.8 Å². The van der Waals surface area contributed by atoms with E-state index >= 15 is 0 Å². The highest BCUT2D eigenvalue weighted by Gasteiger charge is 2.82. The Kier molecular flexibility index (Phi) is 11.2. The summed E-state index contributed by atoms with van der Waals surface area (Å²) in [6.07, 6.45) is -14.6. The van der Waals surface area contributed by atoms with E-state index in [2.05, 4.69) is 5.32 Å². The van der Waals surface area contributed by atoms with Crippen LogP contribution in [0.25, 0.3) is 0 Å². The van der Waals surface area contributed by atoms with Crippen LogP contribution in [0.3, 0.4) is 0 Å². The van der Waals surface area contributed by atoms with Gasteiger partial charge in [-0.15, -0.1) is 0 Å². The Morgan fingerprint density at radius 1 is 0.933 bits per heavy atom. The second-order valence-corrected chi connectivity index (χ2v) is 17.8. The first-order valence-electron chi connectivity index (χ1n) is 20.2. The van der Waals surface area contributed by atoms with Crippen LogP contribution in [0.15, 0.2) is 71.8 Å². The van der Waals surface area contributed by atoms with Gasteiger partial charge in [0.2, 0.25) is 5.60 Å². The number of hydrogen-bond donors (Lipinski definition) is 5. The van der Waals surface area contributed by atoms with Crippen LogP contribution in [0.2, 0.25) is 0 Å².